The van der Waals surface area contributed by atoms with Crippen molar-refractivity contribution in [3.05, 3.63) is 76.2 Å². The highest BCUT2D eigenvalue weighted by molar-refractivity contribution is 8.18. The molecule has 154 valence electrons. The van der Waals surface area contributed by atoms with E-state index in [-0.39, 0.29) is 11.4 Å². The van der Waals surface area contributed by atoms with Crippen LogP contribution in [0, 0.1) is 6.92 Å². The quantitative estimate of drug-likeness (QED) is 0.488. The number of amides is 3. The fraction of sp³-hybridized carbons (Fsp3) is 0.136. The van der Waals surface area contributed by atoms with Crippen molar-refractivity contribution in [1.82, 2.24) is 4.90 Å². The molecule has 0 spiro atoms. The molecule has 0 aliphatic carbocycles. The molecule has 0 bridgehead atoms. The molecule has 0 unspecified atom stereocenters. The van der Waals surface area contributed by atoms with E-state index in [9.17, 15) is 14.4 Å². The van der Waals surface area contributed by atoms with E-state index >= 15 is 0 Å². The fourth-order valence-corrected chi connectivity index (χ4v) is 3.67. The van der Waals surface area contributed by atoms with E-state index in [1.165, 1.54) is 0 Å². The van der Waals surface area contributed by atoms with Crippen molar-refractivity contribution in [2.24, 2.45) is 0 Å². The Morgan fingerprint density at radius 2 is 2.07 bits per heavy atom. The SMILES string of the molecule is C=CCOc1cccc(/C=C2/SC(=O)N(CC(=O)Nc3ccc(C)c(Cl)c3)C2=O)c1. The summed E-state index contributed by atoms with van der Waals surface area (Å²) in [5, 5.41) is 2.66. The lowest BCUT2D eigenvalue weighted by Gasteiger charge is -2.13. The lowest BCUT2D eigenvalue weighted by molar-refractivity contribution is -0.127. The molecule has 0 radical (unpaired) electrons. The molecule has 1 N–H and O–H groups in total. The summed E-state index contributed by atoms with van der Waals surface area (Å²) >= 11 is 6.85. The number of aryl methyl sites for hydroxylation is 1. The monoisotopic (exact) mass is 442 g/mol. The molecule has 0 saturated carbocycles. The minimum absolute atomic E-state index is 0.243. The van der Waals surface area contributed by atoms with E-state index in [1.807, 2.05) is 6.92 Å². The second-order valence-electron chi connectivity index (χ2n) is 6.45. The van der Waals surface area contributed by atoms with Crippen LogP contribution in [0.5, 0.6) is 5.75 Å². The van der Waals surface area contributed by atoms with E-state index < -0.39 is 17.1 Å². The van der Waals surface area contributed by atoms with E-state index in [1.54, 1.807) is 54.6 Å². The first-order valence-corrected chi connectivity index (χ1v) is 10.2. The first kappa shape index (κ1) is 21.7. The van der Waals surface area contributed by atoms with Gasteiger partial charge in [0, 0.05) is 10.7 Å². The topological polar surface area (TPSA) is 75.7 Å². The van der Waals surface area contributed by atoms with Gasteiger partial charge in [-0.05, 0) is 60.2 Å². The van der Waals surface area contributed by atoms with E-state index in [2.05, 4.69) is 11.9 Å². The number of imide groups is 1. The summed E-state index contributed by atoms with van der Waals surface area (Å²) in [6.07, 6.45) is 3.23. The van der Waals surface area contributed by atoms with Gasteiger partial charge in [-0.3, -0.25) is 19.3 Å². The molecule has 2 aromatic rings. The summed E-state index contributed by atoms with van der Waals surface area (Å²) in [4.78, 5) is 38.4. The second kappa shape index (κ2) is 9.65. The number of thioether (sulfide) groups is 1. The van der Waals surface area contributed by atoms with Crippen molar-refractivity contribution >= 4 is 52.2 Å². The van der Waals surface area contributed by atoms with Gasteiger partial charge in [0.25, 0.3) is 11.1 Å². The van der Waals surface area contributed by atoms with Gasteiger partial charge in [0.15, 0.2) is 0 Å². The smallest absolute Gasteiger partial charge is 0.294 e. The Morgan fingerprint density at radius 1 is 1.27 bits per heavy atom. The molecule has 2 aromatic carbocycles. The number of ether oxygens (including phenoxy) is 1. The standard InChI is InChI=1S/C22H19ClN2O4S/c1-3-9-29-17-6-4-5-15(10-17)11-19-21(27)25(22(28)30-19)13-20(26)24-16-8-7-14(2)18(23)12-16/h3-8,10-12H,1,9,13H2,2H3,(H,24,26)/b19-11+. The minimum Gasteiger partial charge on any atom is -0.490 e. The van der Waals surface area contributed by atoms with Gasteiger partial charge in [-0.15, -0.1) is 0 Å². The van der Waals surface area contributed by atoms with Gasteiger partial charge in [-0.2, -0.15) is 0 Å². The van der Waals surface area contributed by atoms with Crippen LogP contribution in [0.15, 0.2) is 60.0 Å². The molecule has 8 heteroatoms. The molecule has 1 aliphatic rings. The molecule has 0 aromatic heterocycles. The van der Waals surface area contributed by atoms with Crippen LogP contribution in [0.25, 0.3) is 6.08 Å². The van der Waals surface area contributed by atoms with Crippen molar-refractivity contribution in [2.75, 3.05) is 18.5 Å². The molecule has 3 amide bonds. The highest BCUT2D eigenvalue weighted by Gasteiger charge is 2.36. The Kier molecular flexibility index (Phi) is 6.97. The number of anilines is 1. The second-order valence-corrected chi connectivity index (χ2v) is 7.85. The van der Waals surface area contributed by atoms with Crippen molar-refractivity contribution in [3.63, 3.8) is 0 Å². The van der Waals surface area contributed by atoms with Gasteiger partial charge >= 0.3 is 0 Å². The summed E-state index contributed by atoms with van der Waals surface area (Å²) < 4.78 is 5.48. The van der Waals surface area contributed by atoms with Crippen LogP contribution in [0.1, 0.15) is 11.1 Å². The summed E-state index contributed by atoms with van der Waals surface area (Å²) in [5.74, 6) is -0.378. The van der Waals surface area contributed by atoms with Crippen LogP contribution < -0.4 is 10.1 Å². The molecule has 1 aliphatic heterocycles. The van der Waals surface area contributed by atoms with Crippen LogP contribution in [0.3, 0.4) is 0 Å². The number of halogens is 1. The third-order valence-electron chi connectivity index (χ3n) is 4.15. The maximum Gasteiger partial charge on any atom is 0.294 e. The molecule has 0 atom stereocenters. The van der Waals surface area contributed by atoms with Crippen molar-refractivity contribution < 1.29 is 19.1 Å². The Labute approximate surface area is 183 Å². The number of nitrogens with one attached hydrogen (secondary N) is 1. The lowest BCUT2D eigenvalue weighted by Crippen LogP contribution is -2.36. The van der Waals surface area contributed by atoms with Gasteiger partial charge in [0.2, 0.25) is 5.91 Å². The highest BCUT2D eigenvalue weighted by atomic mass is 35.5. The average Bonchev–Trinajstić information content (AvgIpc) is 2.97. The third kappa shape index (κ3) is 5.31. The predicted molar refractivity (Wildman–Crippen MR) is 120 cm³/mol. The highest BCUT2D eigenvalue weighted by Crippen LogP contribution is 2.32. The van der Waals surface area contributed by atoms with Gasteiger partial charge in [0.1, 0.15) is 18.9 Å². The zero-order valence-corrected chi connectivity index (χ0v) is 17.8. The van der Waals surface area contributed by atoms with Crippen LogP contribution in [-0.4, -0.2) is 35.1 Å². The number of carbonyl (C=O) groups is 3. The van der Waals surface area contributed by atoms with Gasteiger partial charge < -0.3 is 10.1 Å². The van der Waals surface area contributed by atoms with Crippen LogP contribution in [-0.2, 0) is 9.59 Å². The first-order valence-electron chi connectivity index (χ1n) is 9.02. The van der Waals surface area contributed by atoms with Crippen molar-refractivity contribution in [1.29, 1.82) is 0 Å². The molecule has 6 nitrogen and oxygen atoms in total. The average molecular weight is 443 g/mol. The Hall–Kier alpha value is -3.03. The van der Waals surface area contributed by atoms with Crippen molar-refractivity contribution in [3.8, 4) is 5.75 Å². The number of benzene rings is 2. The first-order chi connectivity index (χ1) is 14.4. The summed E-state index contributed by atoms with van der Waals surface area (Å²) in [5.41, 5.74) is 2.08. The summed E-state index contributed by atoms with van der Waals surface area (Å²) in [6.45, 7) is 5.43. The molecule has 1 fully saturated rings. The number of nitrogens with zero attached hydrogens (tertiary/aromatic N) is 1. The Morgan fingerprint density at radius 3 is 2.80 bits per heavy atom. The molecule has 30 heavy (non-hydrogen) atoms. The maximum absolute atomic E-state index is 12.6. The molecule has 3 rings (SSSR count). The Bertz CT molecular complexity index is 1050. The molecule has 1 saturated heterocycles. The maximum atomic E-state index is 12.6. The van der Waals surface area contributed by atoms with Crippen LogP contribution in [0.2, 0.25) is 5.02 Å². The van der Waals surface area contributed by atoms with E-state index in [4.69, 9.17) is 16.3 Å². The number of hydrogen-bond donors (Lipinski definition) is 1. The fourth-order valence-electron chi connectivity index (χ4n) is 2.65. The minimum atomic E-state index is -0.514. The summed E-state index contributed by atoms with van der Waals surface area (Å²) in [7, 11) is 0. The van der Waals surface area contributed by atoms with E-state index in [0.29, 0.717) is 28.6 Å². The lowest BCUT2D eigenvalue weighted by atomic mass is 10.2. The number of hydrogen-bond acceptors (Lipinski definition) is 5. The predicted octanol–water partition coefficient (Wildman–Crippen LogP) is 4.89. The number of rotatable bonds is 7. The number of carbonyl (C=O) groups excluding carboxylic acids is 3. The molecular formula is C22H19ClN2O4S. The van der Waals surface area contributed by atoms with Gasteiger partial charge in [-0.25, -0.2) is 0 Å². The van der Waals surface area contributed by atoms with Crippen LogP contribution in [0.4, 0.5) is 10.5 Å². The largest absolute Gasteiger partial charge is 0.490 e. The zero-order chi connectivity index (χ0) is 21.7. The Balaban J connectivity index is 1.68. The zero-order valence-electron chi connectivity index (χ0n) is 16.2. The van der Waals surface area contributed by atoms with Crippen molar-refractivity contribution in [2.45, 2.75) is 6.92 Å². The normalized spacial score (nSPS) is 14.9. The third-order valence-corrected chi connectivity index (χ3v) is 5.47. The van der Waals surface area contributed by atoms with Gasteiger partial charge in [-0.1, -0.05) is 42.5 Å². The van der Waals surface area contributed by atoms with E-state index in [0.717, 1.165) is 22.2 Å². The summed E-state index contributed by atoms with van der Waals surface area (Å²) in [6, 6.07) is 12.2. The molecule has 1 heterocycles. The van der Waals surface area contributed by atoms with Crippen LogP contribution >= 0.6 is 23.4 Å². The molecular weight excluding hydrogens is 424 g/mol. The van der Waals surface area contributed by atoms with Gasteiger partial charge in [0.05, 0.1) is 4.91 Å².